The van der Waals surface area contributed by atoms with Crippen LogP contribution in [0, 0.1) is 11.6 Å². The van der Waals surface area contributed by atoms with E-state index in [2.05, 4.69) is 27.1 Å². The molecule has 0 saturated carbocycles. The molecule has 1 saturated heterocycles. The van der Waals surface area contributed by atoms with Crippen LogP contribution in [0.3, 0.4) is 0 Å². The molecular formula is C16H18F2N4O. The Morgan fingerprint density at radius 3 is 3.04 bits per heavy atom. The Balaban J connectivity index is 1.71. The van der Waals surface area contributed by atoms with Crippen molar-refractivity contribution in [3.63, 3.8) is 0 Å². The van der Waals surface area contributed by atoms with Gasteiger partial charge in [0.05, 0.1) is 0 Å². The highest BCUT2D eigenvalue weighted by Crippen LogP contribution is 2.18. The molecule has 0 bridgehead atoms. The Morgan fingerprint density at radius 1 is 1.35 bits per heavy atom. The van der Waals surface area contributed by atoms with Crippen LogP contribution in [0.2, 0.25) is 0 Å². The number of ether oxygens (including phenoxy) is 1. The summed E-state index contributed by atoms with van der Waals surface area (Å²) in [5.41, 5.74) is 0.134. The molecule has 2 heterocycles. The van der Waals surface area contributed by atoms with Crippen LogP contribution in [0.4, 0.5) is 14.6 Å². The molecule has 1 aromatic heterocycles. The highest BCUT2D eigenvalue weighted by molar-refractivity contribution is 5.40. The molecule has 0 unspecified atom stereocenters. The zero-order chi connectivity index (χ0) is 16.2. The van der Waals surface area contributed by atoms with Crippen molar-refractivity contribution in [1.29, 1.82) is 0 Å². The molecule has 3 rings (SSSR count). The highest BCUT2D eigenvalue weighted by Gasteiger charge is 2.19. The minimum atomic E-state index is -0.515. The van der Waals surface area contributed by atoms with E-state index >= 15 is 0 Å². The van der Waals surface area contributed by atoms with E-state index in [0.29, 0.717) is 6.04 Å². The summed E-state index contributed by atoms with van der Waals surface area (Å²) in [6.07, 6.45) is 1.61. The molecular weight excluding hydrogens is 302 g/mol. The van der Waals surface area contributed by atoms with E-state index in [1.165, 1.54) is 0 Å². The quantitative estimate of drug-likeness (QED) is 0.935. The minimum Gasteiger partial charge on any atom is -0.458 e. The van der Waals surface area contributed by atoms with Crippen molar-refractivity contribution in [1.82, 2.24) is 15.3 Å². The molecule has 122 valence electrons. The number of nitrogens with one attached hydrogen (secondary N) is 1. The first-order chi connectivity index (χ1) is 11.1. The van der Waals surface area contributed by atoms with Crippen molar-refractivity contribution < 1.29 is 13.5 Å². The van der Waals surface area contributed by atoms with E-state index in [0.717, 1.165) is 43.7 Å². The number of halogens is 2. The molecule has 5 nitrogen and oxygen atoms in total. The van der Waals surface area contributed by atoms with Gasteiger partial charge in [0.1, 0.15) is 24.1 Å². The van der Waals surface area contributed by atoms with Gasteiger partial charge in [0.15, 0.2) is 0 Å². The third-order valence-corrected chi connectivity index (χ3v) is 3.78. The molecule has 2 aromatic rings. The predicted molar refractivity (Wildman–Crippen MR) is 82.4 cm³/mol. The summed E-state index contributed by atoms with van der Waals surface area (Å²) in [5, 5.41) is 3.31. The summed E-state index contributed by atoms with van der Waals surface area (Å²) in [7, 11) is 0. The SMILES string of the molecule is C[C@@H]1CNCCN1c1ccnc(OCc2cc(F)ccc2F)n1. The molecule has 7 heteroatoms. The number of rotatable bonds is 4. The summed E-state index contributed by atoms with van der Waals surface area (Å²) in [4.78, 5) is 10.6. The second-order valence-corrected chi connectivity index (χ2v) is 5.47. The average Bonchev–Trinajstić information content (AvgIpc) is 2.56. The lowest BCUT2D eigenvalue weighted by Gasteiger charge is -2.34. The number of piperazine rings is 1. The fourth-order valence-corrected chi connectivity index (χ4v) is 2.54. The van der Waals surface area contributed by atoms with Crippen molar-refractivity contribution in [2.45, 2.75) is 19.6 Å². The van der Waals surface area contributed by atoms with Gasteiger partial charge < -0.3 is 15.0 Å². The van der Waals surface area contributed by atoms with Gasteiger partial charge in [0, 0.05) is 37.4 Å². The molecule has 1 aromatic carbocycles. The first kappa shape index (κ1) is 15.6. The monoisotopic (exact) mass is 320 g/mol. The number of hydrogen-bond acceptors (Lipinski definition) is 5. The maximum Gasteiger partial charge on any atom is 0.318 e. The largest absolute Gasteiger partial charge is 0.458 e. The van der Waals surface area contributed by atoms with Crippen LogP contribution in [0.5, 0.6) is 6.01 Å². The molecule has 0 amide bonds. The van der Waals surface area contributed by atoms with E-state index < -0.39 is 11.6 Å². The average molecular weight is 320 g/mol. The maximum absolute atomic E-state index is 13.6. The first-order valence-corrected chi connectivity index (χ1v) is 7.50. The third-order valence-electron chi connectivity index (χ3n) is 3.78. The molecule has 1 aliphatic rings. The van der Waals surface area contributed by atoms with Crippen molar-refractivity contribution in [3.05, 3.63) is 47.7 Å². The zero-order valence-corrected chi connectivity index (χ0v) is 12.8. The summed E-state index contributed by atoms with van der Waals surface area (Å²) in [5.74, 6) is -0.253. The standard InChI is InChI=1S/C16H18F2N4O/c1-11-9-19-6-7-22(11)15-4-5-20-16(21-15)23-10-12-8-13(17)2-3-14(12)18/h2-5,8,11,19H,6-7,9-10H2,1H3/t11-/m1/s1. The van der Waals surface area contributed by atoms with Crippen LogP contribution in [0.25, 0.3) is 0 Å². The maximum atomic E-state index is 13.6. The zero-order valence-electron chi connectivity index (χ0n) is 12.8. The Kier molecular flexibility index (Phi) is 4.66. The number of nitrogens with zero attached hydrogens (tertiary/aromatic N) is 3. The third kappa shape index (κ3) is 3.73. The molecule has 0 radical (unpaired) electrons. The van der Waals surface area contributed by atoms with E-state index in [9.17, 15) is 8.78 Å². The number of hydrogen-bond donors (Lipinski definition) is 1. The smallest absolute Gasteiger partial charge is 0.318 e. The van der Waals surface area contributed by atoms with Gasteiger partial charge >= 0.3 is 6.01 Å². The number of benzene rings is 1. The Hall–Kier alpha value is -2.28. The molecule has 0 spiro atoms. The topological polar surface area (TPSA) is 50.3 Å². The van der Waals surface area contributed by atoms with Crippen LogP contribution in [-0.4, -0.2) is 35.6 Å². The predicted octanol–water partition coefficient (Wildman–Crippen LogP) is 2.13. The number of anilines is 1. The summed E-state index contributed by atoms with van der Waals surface area (Å²) < 4.78 is 32.2. The van der Waals surface area contributed by atoms with Gasteiger partial charge in [-0.25, -0.2) is 13.8 Å². The second-order valence-electron chi connectivity index (χ2n) is 5.47. The summed E-state index contributed by atoms with van der Waals surface area (Å²) in [6.45, 7) is 4.60. The van der Waals surface area contributed by atoms with Crippen LogP contribution in [0.1, 0.15) is 12.5 Å². The summed E-state index contributed by atoms with van der Waals surface area (Å²) in [6, 6.07) is 5.54. The van der Waals surface area contributed by atoms with Gasteiger partial charge in [-0.3, -0.25) is 0 Å². The van der Waals surface area contributed by atoms with E-state index in [-0.39, 0.29) is 18.2 Å². The lowest BCUT2D eigenvalue weighted by molar-refractivity contribution is 0.274. The van der Waals surface area contributed by atoms with Crippen LogP contribution < -0.4 is 15.0 Å². The van der Waals surface area contributed by atoms with Gasteiger partial charge in [-0.05, 0) is 31.2 Å². The Bertz CT molecular complexity index is 683. The van der Waals surface area contributed by atoms with Crippen molar-refractivity contribution in [3.8, 4) is 6.01 Å². The van der Waals surface area contributed by atoms with Crippen LogP contribution in [-0.2, 0) is 6.61 Å². The molecule has 1 N–H and O–H groups in total. The molecule has 1 aliphatic heterocycles. The fraction of sp³-hybridized carbons (Fsp3) is 0.375. The van der Waals surface area contributed by atoms with Crippen molar-refractivity contribution in [2.24, 2.45) is 0 Å². The van der Waals surface area contributed by atoms with Gasteiger partial charge in [-0.2, -0.15) is 4.98 Å². The number of aromatic nitrogens is 2. The van der Waals surface area contributed by atoms with Crippen LogP contribution >= 0.6 is 0 Å². The molecule has 0 aliphatic carbocycles. The molecule has 1 atom stereocenters. The van der Waals surface area contributed by atoms with Gasteiger partial charge in [-0.15, -0.1) is 0 Å². The van der Waals surface area contributed by atoms with E-state index in [4.69, 9.17) is 4.74 Å². The van der Waals surface area contributed by atoms with E-state index in [1.54, 1.807) is 6.20 Å². The minimum absolute atomic E-state index is 0.121. The first-order valence-electron chi connectivity index (χ1n) is 7.50. The van der Waals surface area contributed by atoms with Gasteiger partial charge in [0.2, 0.25) is 0 Å². The van der Waals surface area contributed by atoms with Gasteiger partial charge in [-0.1, -0.05) is 0 Å². The summed E-state index contributed by atoms with van der Waals surface area (Å²) >= 11 is 0. The lowest BCUT2D eigenvalue weighted by Crippen LogP contribution is -2.50. The molecule has 23 heavy (non-hydrogen) atoms. The second kappa shape index (κ2) is 6.87. The van der Waals surface area contributed by atoms with Crippen molar-refractivity contribution >= 4 is 5.82 Å². The molecule has 1 fully saturated rings. The normalized spacial score (nSPS) is 18.0. The highest BCUT2D eigenvalue weighted by atomic mass is 19.1. The van der Waals surface area contributed by atoms with Crippen LogP contribution in [0.15, 0.2) is 30.5 Å². The Labute approximate surface area is 133 Å². The Morgan fingerprint density at radius 2 is 2.22 bits per heavy atom. The van der Waals surface area contributed by atoms with Crippen molar-refractivity contribution in [2.75, 3.05) is 24.5 Å². The van der Waals surface area contributed by atoms with Gasteiger partial charge in [0.25, 0.3) is 0 Å². The fourth-order valence-electron chi connectivity index (χ4n) is 2.54. The van der Waals surface area contributed by atoms with E-state index in [1.807, 2.05) is 6.07 Å². The lowest BCUT2D eigenvalue weighted by atomic mass is 10.2.